The number of pyridine rings is 1. The third kappa shape index (κ3) is 1.95. The molecule has 0 fully saturated rings. The number of aromatic nitrogens is 5. The Morgan fingerprint density at radius 2 is 2.22 bits per heavy atom. The van der Waals surface area contributed by atoms with Gasteiger partial charge in [-0.2, -0.15) is 5.10 Å². The van der Waals surface area contributed by atoms with Crippen LogP contribution in [0, 0.1) is 11.7 Å². The zero-order valence-corrected chi connectivity index (χ0v) is 10.8. The number of imidazole rings is 1. The smallest absolute Gasteiger partial charge is 0.178 e. The molecule has 0 radical (unpaired) electrons. The van der Waals surface area contributed by atoms with Gasteiger partial charge in [0, 0.05) is 18.9 Å². The molecule has 0 unspecified atom stereocenters. The third-order valence-electron chi connectivity index (χ3n) is 2.89. The Hall–Kier alpha value is -1.95. The quantitative estimate of drug-likeness (QED) is 0.734. The van der Waals surface area contributed by atoms with Crippen molar-refractivity contribution in [1.29, 1.82) is 0 Å². The van der Waals surface area contributed by atoms with E-state index < -0.39 is 0 Å². The predicted molar refractivity (Wildman–Crippen MR) is 71.9 cm³/mol. The van der Waals surface area contributed by atoms with Gasteiger partial charge in [-0.3, -0.25) is 9.67 Å². The van der Waals surface area contributed by atoms with Crippen molar-refractivity contribution in [2.45, 2.75) is 20.0 Å². The van der Waals surface area contributed by atoms with Gasteiger partial charge in [0.2, 0.25) is 0 Å². The van der Waals surface area contributed by atoms with Gasteiger partial charge >= 0.3 is 0 Å². The number of hydrogen-bond donors (Lipinski definition) is 1. The van der Waals surface area contributed by atoms with E-state index in [0.717, 1.165) is 28.9 Å². The Labute approximate surface area is 109 Å². The lowest BCUT2D eigenvalue weighted by molar-refractivity contribution is 0.537. The molecule has 3 aromatic heterocycles. The summed E-state index contributed by atoms with van der Waals surface area (Å²) in [6.07, 6.45) is 7.46. The van der Waals surface area contributed by atoms with Crippen LogP contribution in [0.25, 0.3) is 11.0 Å². The molecule has 0 aliphatic rings. The molecule has 0 aliphatic carbocycles. The maximum atomic E-state index is 5.32. The summed E-state index contributed by atoms with van der Waals surface area (Å²) in [7, 11) is 0. The molecule has 0 amide bonds. The average Bonchev–Trinajstić information content (AvgIpc) is 2.90. The van der Waals surface area contributed by atoms with Crippen LogP contribution in [0.1, 0.15) is 5.56 Å². The molecule has 5 nitrogen and oxygen atoms in total. The third-order valence-corrected chi connectivity index (χ3v) is 3.21. The first-order valence-electron chi connectivity index (χ1n) is 5.75. The number of aromatic amines is 1. The van der Waals surface area contributed by atoms with E-state index >= 15 is 0 Å². The molecule has 1 N–H and O–H groups in total. The zero-order valence-electron chi connectivity index (χ0n) is 10.00. The SMILES string of the molecule is Cc1cnn(CCn2c(=S)[nH]c3cnccc32)c1. The molecule has 0 bridgehead atoms. The van der Waals surface area contributed by atoms with Gasteiger partial charge in [-0.05, 0) is 30.8 Å². The van der Waals surface area contributed by atoms with Gasteiger partial charge in [-0.25, -0.2) is 0 Å². The number of aryl methyl sites for hydroxylation is 3. The van der Waals surface area contributed by atoms with Crippen LogP contribution in [-0.4, -0.2) is 24.3 Å². The number of fused-ring (bicyclic) bond motifs is 1. The van der Waals surface area contributed by atoms with Crippen LogP contribution in [0.5, 0.6) is 0 Å². The van der Waals surface area contributed by atoms with E-state index in [9.17, 15) is 0 Å². The normalized spacial score (nSPS) is 11.2. The van der Waals surface area contributed by atoms with E-state index in [0.29, 0.717) is 0 Å². The van der Waals surface area contributed by atoms with E-state index in [1.54, 1.807) is 12.4 Å². The lowest BCUT2D eigenvalue weighted by Gasteiger charge is -2.04. The van der Waals surface area contributed by atoms with Crippen LogP contribution in [0.2, 0.25) is 0 Å². The summed E-state index contributed by atoms with van der Waals surface area (Å²) in [4.78, 5) is 7.23. The molecule has 3 rings (SSSR count). The molecular formula is C12H13N5S. The van der Waals surface area contributed by atoms with Crippen LogP contribution in [-0.2, 0) is 13.1 Å². The first kappa shape index (κ1) is 11.2. The summed E-state index contributed by atoms with van der Waals surface area (Å²) >= 11 is 5.32. The molecule has 3 aromatic rings. The van der Waals surface area contributed by atoms with Crippen molar-refractivity contribution >= 4 is 23.3 Å². The fourth-order valence-corrected chi connectivity index (χ4v) is 2.32. The van der Waals surface area contributed by atoms with Gasteiger partial charge < -0.3 is 9.55 Å². The van der Waals surface area contributed by atoms with Gasteiger partial charge in [0.05, 0.1) is 30.0 Å². The van der Waals surface area contributed by atoms with Crippen LogP contribution in [0.3, 0.4) is 0 Å². The minimum Gasteiger partial charge on any atom is -0.329 e. The van der Waals surface area contributed by atoms with E-state index in [1.807, 2.05) is 30.1 Å². The van der Waals surface area contributed by atoms with Gasteiger partial charge in [0.15, 0.2) is 4.77 Å². The van der Waals surface area contributed by atoms with Crippen molar-refractivity contribution in [2.75, 3.05) is 0 Å². The Kier molecular flexibility index (Phi) is 2.71. The van der Waals surface area contributed by atoms with Crippen molar-refractivity contribution in [2.24, 2.45) is 0 Å². The van der Waals surface area contributed by atoms with Gasteiger partial charge in [-0.15, -0.1) is 0 Å². The standard InChI is InChI=1S/C12H13N5S/c1-9-6-14-16(8-9)4-5-17-11-2-3-13-7-10(11)15-12(17)18/h2-3,6-8H,4-5H2,1H3,(H,15,18). The highest BCUT2D eigenvalue weighted by atomic mass is 32.1. The Morgan fingerprint density at radius 3 is 3.00 bits per heavy atom. The molecule has 0 spiro atoms. The molecule has 3 heterocycles. The summed E-state index contributed by atoms with van der Waals surface area (Å²) in [5, 5.41) is 4.27. The second-order valence-electron chi connectivity index (χ2n) is 4.26. The first-order valence-corrected chi connectivity index (χ1v) is 6.16. The van der Waals surface area contributed by atoms with Crippen LogP contribution in [0.15, 0.2) is 30.9 Å². The summed E-state index contributed by atoms with van der Waals surface area (Å²) in [5.74, 6) is 0. The Bertz CT molecular complexity index is 736. The molecule has 6 heteroatoms. The molecule has 0 saturated carbocycles. The summed E-state index contributed by atoms with van der Waals surface area (Å²) in [6.45, 7) is 3.63. The second kappa shape index (κ2) is 4.38. The zero-order chi connectivity index (χ0) is 12.5. The Balaban J connectivity index is 1.90. The van der Waals surface area contributed by atoms with E-state index in [2.05, 4.69) is 19.6 Å². The summed E-state index contributed by atoms with van der Waals surface area (Å²) in [5.41, 5.74) is 3.22. The fourth-order valence-electron chi connectivity index (χ4n) is 2.02. The van der Waals surface area contributed by atoms with Crippen molar-refractivity contribution in [3.05, 3.63) is 41.2 Å². The lowest BCUT2D eigenvalue weighted by Crippen LogP contribution is -2.07. The number of rotatable bonds is 3. The minimum absolute atomic E-state index is 0.724. The molecule has 0 aromatic carbocycles. The van der Waals surface area contributed by atoms with Crippen LogP contribution < -0.4 is 0 Å². The largest absolute Gasteiger partial charge is 0.329 e. The summed E-state index contributed by atoms with van der Waals surface area (Å²) in [6, 6.07) is 1.97. The van der Waals surface area contributed by atoms with E-state index in [-0.39, 0.29) is 0 Å². The number of H-pyrrole nitrogens is 1. The van der Waals surface area contributed by atoms with Crippen molar-refractivity contribution in [3.8, 4) is 0 Å². The number of nitrogens with zero attached hydrogens (tertiary/aromatic N) is 4. The van der Waals surface area contributed by atoms with E-state index in [4.69, 9.17) is 12.2 Å². The topological polar surface area (TPSA) is 51.4 Å². The average molecular weight is 259 g/mol. The van der Waals surface area contributed by atoms with Crippen molar-refractivity contribution < 1.29 is 0 Å². The Morgan fingerprint density at radius 1 is 1.33 bits per heavy atom. The fraction of sp³-hybridized carbons (Fsp3) is 0.250. The molecule has 0 aliphatic heterocycles. The first-order chi connectivity index (χ1) is 8.74. The van der Waals surface area contributed by atoms with Gasteiger partial charge in [0.1, 0.15) is 0 Å². The maximum Gasteiger partial charge on any atom is 0.178 e. The van der Waals surface area contributed by atoms with Crippen LogP contribution in [0.4, 0.5) is 0 Å². The maximum absolute atomic E-state index is 5.32. The highest BCUT2D eigenvalue weighted by molar-refractivity contribution is 7.71. The molecule has 0 saturated heterocycles. The molecule has 0 atom stereocenters. The van der Waals surface area contributed by atoms with Crippen molar-refractivity contribution in [3.63, 3.8) is 0 Å². The second-order valence-corrected chi connectivity index (χ2v) is 4.64. The lowest BCUT2D eigenvalue weighted by atomic mass is 10.4. The highest BCUT2D eigenvalue weighted by Crippen LogP contribution is 2.12. The minimum atomic E-state index is 0.724. The monoisotopic (exact) mass is 259 g/mol. The predicted octanol–water partition coefficient (Wildman–Crippen LogP) is 2.30. The highest BCUT2D eigenvalue weighted by Gasteiger charge is 2.04. The van der Waals surface area contributed by atoms with E-state index in [1.165, 1.54) is 5.56 Å². The van der Waals surface area contributed by atoms with Crippen LogP contribution >= 0.6 is 12.2 Å². The number of nitrogens with one attached hydrogen (secondary N) is 1. The molecule has 92 valence electrons. The summed E-state index contributed by atoms with van der Waals surface area (Å²) < 4.78 is 4.72. The van der Waals surface area contributed by atoms with Gasteiger partial charge in [0.25, 0.3) is 0 Å². The van der Waals surface area contributed by atoms with Crippen molar-refractivity contribution in [1.82, 2.24) is 24.3 Å². The van der Waals surface area contributed by atoms with Gasteiger partial charge in [-0.1, -0.05) is 0 Å². The molecule has 18 heavy (non-hydrogen) atoms. The number of hydrogen-bond acceptors (Lipinski definition) is 3. The molecular weight excluding hydrogens is 246 g/mol.